The van der Waals surface area contributed by atoms with Gasteiger partial charge in [0.05, 0.1) is 13.7 Å². The van der Waals surface area contributed by atoms with Crippen LogP contribution in [0.15, 0.2) is 54.6 Å². The first-order valence-corrected chi connectivity index (χ1v) is 9.72. The molecule has 3 aromatic rings. The van der Waals surface area contributed by atoms with Crippen LogP contribution in [0.4, 0.5) is 0 Å². The van der Waals surface area contributed by atoms with Crippen LogP contribution in [0.2, 0.25) is 0 Å². The number of hydrogen-bond acceptors (Lipinski definition) is 5. The Balaban J connectivity index is 1.64. The first kappa shape index (κ1) is 18.9. The van der Waals surface area contributed by atoms with Crippen molar-refractivity contribution >= 4 is 27.0 Å². The van der Waals surface area contributed by atoms with Crippen LogP contribution in [0, 0.1) is 0 Å². The van der Waals surface area contributed by atoms with Crippen LogP contribution in [0.1, 0.15) is 16.5 Å². The molecule has 0 aliphatic rings. The number of aromatic nitrogens is 1. The van der Waals surface area contributed by atoms with E-state index >= 15 is 0 Å². The minimum atomic E-state index is -4.63. The normalized spacial score (nSPS) is 12.7. The molecule has 0 radical (unpaired) electrons. The summed E-state index contributed by atoms with van der Waals surface area (Å²) in [5, 5.41) is -0.640. The Morgan fingerprint density at radius 2 is 1.85 bits per heavy atom. The molecule has 0 saturated heterocycles. The second kappa shape index (κ2) is 7.81. The summed E-state index contributed by atoms with van der Waals surface area (Å²) in [6, 6.07) is 16.0. The molecule has 27 heavy (non-hydrogen) atoms. The third-order valence-electron chi connectivity index (χ3n) is 4.12. The van der Waals surface area contributed by atoms with Gasteiger partial charge in [0.2, 0.25) is 5.25 Å². The molecule has 7 nitrogen and oxygen atoms in total. The lowest BCUT2D eigenvalue weighted by Crippen LogP contribution is -2.22. The molecule has 1 unspecified atom stereocenters. The number of rotatable bonds is 7. The van der Waals surface area contributed by atoms with E-state index < -0.39 is 21.3 Å². The van der Waals surface area contributed by atoms with E-state index in [1.165, 1.54) is 12.1 Å². The average molecular weight is 389 g/mol. The highest BCUT2D eigenvalue weighted by Gasteiger charge is 2.33. The van der Waals surface area contributed by atoms with Gasteiger partial charge in [0, 0.05) is 17.6 Å². The minimum absolute atomic E-state index is 0.104. The van der Waals surface area contributed by atoms with Crippen molar-refractivity contribution in [2.75, 3.05) is 13.7 Å². The SMILES string of the molecule is COC(=O)C(c1ccc(OCCc2cc3ccccc3[nH]2)cc1)S(=O)(=O)O. The van der Waals surface area contributed by atoms with Crippen molar-refractivity contribution in [3.8, 4) is 5.75 Å². The lowest BCUT2D eigenvalue weighted by atomic mass is 10.1. The van der Waals surface area contributed by atoms with Gasteiger partial charge in [-0.15, -0.1) is 0 Å². The number of fused-ring (bicyclic) bond motifs is 1. The van der Waals surface area contributed by atoms with Crippen molar-refractivity contribution in [2.24, 2.45) is 0 Å². The molecule has 1 heterocycles. The van der Waals surface area contributed by atoms with Crippen molar-refractivity contribution in [1.29, 1.82) is 0 Å². The largest absolute Gasteiger partial charge is 0.493 e. The fourth-order valence-corrected chi connectivity index (χ4v) is 3.66. The third kappa shape index (κ3) is 4.47. The van der Waals surface area contributed by atoms with E-state index in [0.717, 1.165) is 23.7 Å². The van der Waals surface area contributed by atoms with Crippen LogP contribution in [0.25, 0.3) is 10.9 Å². The highest BCUT2D eigenvalue weighted by molar-refractivity contribution is 7.86. The Labute approximate surface area is 156 Å². The van der Waals surface area contributed by atoms with Crippen molar-refractivity contribution in [1.82, 2.24) is 4.98 Å². The van der Waals surface area contributed by atoms with E-state index in [-0.39, 0.29) is 5.56 Å². The maximum absolute atomic E-state index is 11.7. The van der Waals surface area contributed by atoms with E-state index in [2.05, 4.69) is 15.8 Å². The van der Waals surface area contributed by atoms with Crippen LogP contribution in [0.5, 0.6) is 5.75 Å². The van der Waals surface area contributed by atoms with E-state index in [4.69, 9.17) is 4.74 Å². The van der Waals surface area contributed by atoms with Crippen LogP contribution < -0.4 is 4.74 Å². The fraction of sp³-hybridized carbons (Fsp3) is 0.211. The number of methoxy groups -OCH3 is 1. The Kier molecular flexibility index (Phi) is 5.48. The zero-order chi connectivity index (χ0) is 19.4. The summed E-state index contributed by atoms with van der Waals surface area (Å²) in [5.74, 6) is -0.529. The van der Waals surface area contributed by atoms with Gasteiger partial charge in [0.25, 0.3) is 10.1 Å². The number of para-hydroxylation sites is 1. The van der Waals surface area contributed by atoms with Gasteiger partial charge in [-0.3, -0.25) is 9.35 Å². The summed E-state index contributed by atoms with van der Waals surface area (Å²) in [4.78, 5) is 15.0. The van der Waals surface area contributed by atoms with E-state index in [0.29, 0.717) is 18.8 Å². The monoisotopic (exact) mass is 389 g/mol. The fourth-order valence-electron chi connectivity index (χ4n) is 2.82. The molecule has 2 N–H and O–H groups in total. The molecule has 2 aromatic carbocycles. The van der Waals surface area contributed by atoms with E-state index in [9.17, 15) is 17.8 Å². The Morgan fingerprint density at radius 1 is 1.15 bits per heavy atom. The van der Waals surface area contributed by atoms with Gasteiger partial charge in [-0.2, -0.15) is 8.42 Å². The number of hydrogen-bond donors (Lipinski definition) is 2. The summed E-state index contributed by atoms with van der Waals surface area (Å²) < 4.78 is 42.3. The third-order valence-corrected chi connectivity index (χ3v) is 5.18. The topological polar surface area (TPSA) is 106 Å². The molecule has 8 heteroatoms. The molecule has 142 valence electrons. The van der Waals surface area contributed by atoms with E-state index in [1.807, 2.05) is 24.3 Å². The predicted molar refractivity (Wildman–Crippen MR) is 100 cm³/mol. The Hall–Kier alpha value is -2.84. The van der Waals surface area contributed by atoms with Gasteiger partial charge in [0.1, 0.15) is 5.75 Å². The molecule has 0 spiro atoms. The standard InChI is InChI=1S/C19H19NO6S/c1-25-19(21)18(27(22,23)24)13-6-8-16(9-7-13)26-11-10-15-12-14-4-2-3-5-17(14)20-15/h2-9,12,18,20H,10-11H2,1H3,(H,22,23,24). The van der Waals surface area contributed by atoms with Crippen LogP contribution in [-0.4, -0.2) is 37.6 Å². The van der Waals surface area contributed by atoms with Crippen molar-refractivity contribution < 1.29 is 27.2 Å². The van der Waals surface area contributed by atoms with Gasteiger partial charge >= 0.3 is 5.97 Å². The molecule has 0 saturated carbocycles. The van der Waals surface area contributed by atoms with Crippen molar-refractivity contribution in [3.63, 3.8) is 0 Å². The number of carbonyl (C=O) groups is 1. The summed E-state index contributed by atoms with van der Waals surface area (Å²) in [5.41, 5.74) is 2.22. The Bertz CT molecular complexity index is 1010. The second-order valence-corrected chi connectivity index (χ2v) is 7.47. The molecule has 1 aromatic heterocycles. The maximum atomic E-state index is 11.7. The smallest absolute Gasteiger partial charge is 0.331 e. The molecule has 0 aliphatic heterocycles. The lowest BCUT2D eigenvalue weighted by Gasteiger charge is -2.13. The molecular formula is C19H19NO6S. The van der Waals surface area contributed by atoms with Crippen LogP contribution in [0.3, 0.4) is 0 Å². The molecule has 0 amide bonds. The van der Waals surface area contributed by atoms with Gasteiger partial charge in [-0.1, -0.05) is 30.3 Å². The number of benzene rings is 2. The molecule has 0 bridgehead atoms. The first-order chi connectivity index (χ1) is 12.9. The number of aromatic amines is 1. The number of esters is 1. The van der Waals surface area contributed by atoms with Gasteiger partial charge in [0.15, 0.2) is 0 Å². The van der Waals surface area contributed by atoms with Gasteiger partial charge in [-0.05, 0) is 35.2 Å². The highest BCUT2D eigenvalue weighted by atomic mass is 32.2. The van der Waals surface area contributed by atoms with Crippen LogP contribution in [-0.2, 0) is 26.1 Å². The molecule has 1 atom stereocenters. The minimum Gasteiger partial charge on any atom is -0.493 e. The summed E-state index contributed by atoms with van der Waals surface area (Å²) >= 11 is 0. The first-order valence-electron chi connectivity index (χ1n) is 8.22. The zero-order valence-electron chi connectivity index (χ0n) is 14.6. The second-order valence-electron chi connectivity index (χ2n) is 5.97. The molecular weight excluding hydrogens is 370 g/mol. The van der Waals surface area contributed by atoms with E-state index in [1.54, 1.807) is 12.1 Å². The number of ether oxygens (including phenoxy) is 2. The summed E-state index contributed by atoms with van der Waals surface area (Å²) in [6.45, 7) is 0.422. The maximum Gasteiger partial charge on any atom is 0.331 e. The van der Waals surface area contributed by atoms with Crippen molar-refractivity contribution in [3.05, 3.63) is 65.9 Å². The Morgan fingerprint density at radius 3 is 2.48 bits per heavy atom. The summed E-state index contributed by atoms with van der Waals surface area (Å²) in [7, 11) is -3.57. The lowest BCUT2D eigenvalue weighted by molar-refractivity contribution is -0.140. The predicted octanol–water partition coefficient (Wildman–Crippen LogP) is 2.89. The number of carbonyl (C=O) groups excluding carboxylic acids is 1. The van der Waals surface area contributed by atoms with Gasteiger partial charge < -0.3 is 14.5 Å². The molecule has 0 aliphatic carbocycles. The highest BCUT2D eigenvalue weighted by Crippen LogP contribution is 2.25. The zero-order valence-corrected chi connectivity index (χ0v) is 15.4. The summed E-state index contributed by atoms with van der Waals surface area (Å²) in [6.07, 6.45) is 0.673. The quantitative estimate of drug-likeness (QED) is 0.475. The molecule has 0 fully saturated rings. The van der Waals surface area contributed by atoms with Crippen LogP contribution >= 0.6 is 0 Å². The average Bonchev–Trinajstić information content (AvgIpc) is 3.04. The number of nitrogens with one attached hydrogen (secondary N) is 1. The van der Waals surface area contributed by atoms with Crippen molar-refractivity contribution in [2.45, 2.75) is 11.7 Å². The molecule has 3 rings (SSSR count). The number of H-pyrrole nitrogens is 1. The van der Waals surface area contributed by atoms with Gasteiger partial charge in [-0.25, -0.2) is 0 Å².